The van der Waals surface area contributed by atoms with Gasteiger partial charge in [-0.25, -0.2) is 0 Å². The molecular weight excluding hydrogens is 276 g/mol. The number of hydrogen-bond acceptors (Lipinski definition) is 5. The zero-order valence-corrected chi connectivity index (χ0v) is 12.0. The molecule has 1 aliphatic heterocycles. The second-order valence-electron chi connectivity index (χ2n) is 4.67. The molecule has 2 rings (SSSR count). The van der Waals surface area contributed by atoms with Crippen LogP contribution in [0.4, 0.5) is 0 Å². The number of piperazine rings is 1. The Morgan fingerprint density at radius 2 is 2.00 bits per heavy atom. The van der Waals surface area contributed by atoms with E-state index in [-0.39, 0.29) is 12.5 Å². The molecule has 0 aromatic heterocycles. The van der Waals surface area contributed by atoms with Gasteiger partial charge in [0.1, 0.15) is 6.04 Å². The maximum absolute atomic E-state index is 12.4. The van der Waals surface area contributed by atoms with Crippen molar-refractivity contribution in [1.82, 2.24) is 10.2 Å². The summed E-state index contributed by atoms with van der Waals surface area (Å²) < 4.78 is 10.3. The van der Waals surface area contributed by atoms with Crippen molar-refractivity contribution in [3.63, 3.8) is 0 Å². The van der Waals surface area contributed by atoms with Crippen LogP contribution >= 0.6 is 0 Å². The van der Waals surface area contributed by atoms with Gasteiger partial charge >= 0.3 is 5.97 Å². The van der Waals surface area contributed by atoms with Crippen molar-refractivity contribution in [3.05, 3.63) is 23.8 Å². The first-order chi connectivity index (χ1) is 10.1. The van der Waals surface area contributed by atoms with Gasteiger partial charge in [-0.2, -0.15) is 0 Å². The van der Waals surface area contributed by atoms with Gasteiger partial charge in [0.25, 0.3) is 5.91 Å². The first-order valence-electron chi connectivity index (χ1n) is 6.54. The molecule has 1 aliphatic rings. The van der Waals surface area contributed by atoms with Gasteiger partial charge in [-0.15, -0.1) is 0 Å². The standard InChI is InChI=1S/C14H18N2O5/c1-20-11-4-3-9(7-12(11)21-2)13(17)16-6-5-15-10(8-16)14(18)19/h3-4,7,10,15H,5-6,8H2,1-2H3,(H,18,19)/t10-/m1/s1. The Bertz CT molecular complexity index is 546. The summed E-state index contributed by atoms with van der Waals surface area (Å²) in [6.07, 6.45) is 0. The summed E-state index contributed by atoms with van der Waals surface area (Å²) in [7, 11) is 3.02. The maximum atomic E-state index is 12.4. The van der Waals surface area contributed by atoms with Crippen molar-refractivity contribution >= 4 is 11.9 Å². The average molecular weight is 294 g/mol. The molecular formula is C14H18N2O5. The van der Waals surface area contributed by atoms with Gasteiger partial charge in [0.2, 0.25) is 0 Å². The highest BCUT2D eigenvalue weighted by Crippen LogP contribution is 2.28. The lowest BCUT2D eigenvalue weighted by Crippen LogP contribution is -2.55. The van der Waals surface area contributed by atoms with Crippen LogP contribution in [0.3, 0.4) is 0 Å². The predicted octanol–water partition coefficient (Wildman–Crippen LogP) is 0.202. The first-order valence-corrected chi connectivity index (χ1v) is 6.54. The molecule has 1 aromatic rings. The van der Waals surface area contributed by atoms with Crippen LogP contribution in [0.2, 0.25) is 0 Å². The van der Waals surface area contributed by atoms with E-state index in [0.717, 1.165) is 0 Å². The van der Waals surface area contributed by atoms with E-state index in [4.69, 9.17) is 14.6 Å². The average Bonchev–Trinajstić information content (AvgIpc) is 2.53. The second kappa shape index (κ2) is 6.45. The number of rotatable bonds is 4. The Hall–Kier alpha value is -2.28. The summed E-state index contributed by atoms with van der Waals surface area (Å²) in [6, 6.07) is 4.16. The van der Waals surface area contributed by atoms with Crippen molar-refractivity contribution in [3.8, 4) is 11.5 Å². The molecule has 0 spiro atoms. The lowest BCUT2D eigenvalue weighted by Gasteiger charge is -2.31. The van der Waals surface area contributed by atoms with Crippen LogP contribution < -0.4 is 14.8 Å². The highest BCUT2D eigenvalue weighted by molar-refractivity contribution is 5.95. The highest BCUT2D eigenvalue weighted by Gasteiger charge is 2.28. The monoisotopic (exact) mass is 294 g/mol. The fourth-order valence-electron chi connectivity index (χ4n) is 2.25. The van der Waals surface area contributed by atoms with Crippen LogP contribution in [0.5, 0.6) is 11.5 Å². The first kappa shape index (κ1) is 15.1. The lowest BCUT2D eigenvalue weighted by molar-refractivity contribution is -0.140. The largest absolute Gasteiger partial charge is 0.493 e. The number of benzene rings is 1. The van der Waals surface area contributed by atoms with Crippen molar-refractivity contribution in [2.75, 3.05) is 33.9 Å². The Balaban J connectivity index is 2.17. The molecule has 1 heterocycles. The van der Waals surface area contributed by atoms with Crippen LogP contribution in [-0.2, 0) is 4.79 Å². The second-order valence-corrected chi connectivity index (χ2v) is 4.67. The Labute approximate surface area is 122 Å². The van der Waals surface area contributed by atoms with Crippen LogP contribution in [0.25, 0.3) is 0 Å². The Morgan fingerprint density at radius 3 is 2.62 bits per heavy atom. The summed E-state index contributed by atoms with van der Waals surface area (Å²) in [4.78, 5) is 25.0. The molecule has 1 atom stereocenters. The number of nitrogens with one attached hydrogen (secondary N) is 1. The smallest absolute Gasteiger partial charge is 0.322 e. The van der Waals surface area contributed by atoms with E-state index in [1.165, 1.54) is 19.1 Å². The minimum absolute atomic E-state index is 0.141. The zero-order chi connectivity index (χ0) is 15.4. The van der Waals surface area contributed by atoms with Gasteiger partial charge in [0, 0.05) is 25.2 Å². The number of carbonyl (C=O) groups is 2. The highest BCUT2D eigenvalue weighted by atomic mass is 16.5. The molecule has 7 nitrogen and oxygen atoms in total. The Kier molecular flexibility index (Phi) is 4.64. The van der Waals surface area contributed by atoms with Gasteiger partial charge < -0.3 is 24.8 Å². The third-order valence-electron chi connectivity index (χ3n) is 3.39. The molecule has 0 saturated carbocycles. The summed E-state index contributed by atoms with van der Waals surface area (Å²) in [5.41, 5.74) is 0.443. The molecule has 0 bridgehead atoms. The van der Waals surface area contributed by atoms with Crippen molar-refractivity contribution in [2.24, 2.45) is 0 Å². The van der Waals surface area contributed by atoms with Gasteiger partial charge in [0.15, 0.2) is 11.5 Å². The number of carbonyl (C=O) groups excluding carboxylic acids is 1. The van der Waals surface area contributed by atoms with E-state index in [1.54, 1.807) is 18.2 Å². The maximum Gasteiger partial charge on any atom is 0.322 e. The zero-order valence-electron chi connectivity index (χ0n) is 12.0. The van der Waals surface area contributed by atoms with Crippen LogP contribution in [0, 0.1) is 0 Å². The fourth-order valence-corrected chi connectivity index (χ4v) is 2.25. The number of amides is 1. The van der Waals surface area contributed by atoms with Crippen molar-refractivity contribution < 1.29 is 24.2 Å². The number of carboxylic acid groups (broad SMARTS) is 1. The number of nitrogens with zero attached hydrogens (tertiary/aromatic N) is 1. The van der Waals surface area contributed by atoms with Crippen molar-refractivity contribution in [2.45, 2.75) is 6.04 Å². The normalized spacial score (nSPS) is 18.2. The number of hydrogen-bond donors (Lipinski definition) is 2. The van der Waals surface area contributed by atoms with E-state index in [9.17, 15) is 9.59 Å². The molecule has 1 saturated heterocycles. The quantitative estimate of drug-likeness (QED) is 0.825. The van der Waals surface area contributed by atoms with E-state index in [1.807, 2.05) is 0 Å². The molecule has 21 heavy (non-hydrogen) atoms. The minimum atomic E-state index is -0.959. The van der Waals surface area contributed by atoms with Gasteiger partial charge in [0.05, 0.1) is 14.2 Å². The molecule has 0 aliphatic carbocycles. The topological polar surface area (TPSA) is 88.1 Å². The number of ether oxygens (including phenoxy) is 2. The SMILES string of the molecule is COc1ccc(C(=O)N2CCN[C@@H](C(=O)O)C2)cc1OC. The number of methoxy groups -OCH3 is 2. The number of carboxylic acids is 1. The molecule has 1 aromatic carbocycles. The van der Waals surface area contributed by atoms with E-state index in [0.29, 0.717) is 30.2 Å². The summed E-state index contributed by atoms with van der Waals surface area (Å²) in [5.74, 6) is -0.172. The molecule has 0 unspecified atom stereocenters. The molecule has 114 valence electrons. The fraction of sp³-hybridized carbons (Fsp3) is 0.429. The van der Waals surface area contributed by atoms with E-state index >= 15 is 0 Å². The van der Waals surface area contributed by atoms with Crippen molar-refractivity contribution in [1.29, 1.82) is 0 Å². The van der Waals surface area contributed by atoms with Gasteiger partial charge in [-0.3, -0.25) is 9.59 Å². The third-order valence-corrected chi connectivity index (χ3v) is 3.39. The van der Waals surface area contributed by atoms with Crippen LogP contribution in [0.1, 0.15) is 10.4 Å². The van der Waals surface area contributed by atoms with E-state index in [2.05, 4.69) is 5.32 Å². The summed E-state index contributed by atoms with van der Waals surface area (Å²) in [6.45, 7) is 1.06. The Morgan fingerprint density at radius 1 is 1.29 bits per heavy atom. The summed E-state index contributed by atoms with van der Waals surface area (Å²) in [5, 5.41) is 11.9. The minimum Gasteiger partial charge on any atom is -0.493 e. The van der Waals surface area contributed by atoms with Crippen LogP contribution in [0.15, 0.2) is 18.2 Å². The number of aliphatic carboxylic acids is 1. The lowest BCUT2D eigenvalue weighted by atomic mass is 10.1. The van der Waals surface area contributed by atoms with Crippen LogP contribution in [-0.4, -0.2) is 61.8 Å². The van der Waals surface area contributed by atoms with Gasteiger partial charge in [-0.1, -0.05) is 0 Å². The molecule has 7 heteroatoms. The summed E-state index contributed by atoms with van der Waals surface area (Å²) >= 11 is 0. The molecule has 2 N–H and O–H groups in total. The third kappa shape index (κ3) is 3.25. The molecule has 1 amide bonds. The van der Waals surface area contributed by atoms with Gasteiger partial charge in [-0.05, 0) is 18.2 Å². The molecule has 1 fully saturated rings. The van der Waals surface area contributed by atoms with E-state index < -0.39 is 12.0 Å². The predicted molar refractivity (Wildman–Crippen MR) is 74.9 cm³/mol. The molecule has 0 radical (unpaired) electrons.